The standard InChI is InChI=1S/C19H20F2N2O2/c1-19(2)10-16(14-9-13(22)5-6-17(14)25-19)23-18(24)7-11-3-4-12(20)8-15(11)21/h3-6,8-9,16H,7,10,22H2,1-2H3,(H,23,24). The number of carbonyl (C=O) groups excluding carboxylic acids is 1. The molecule has 1 aliphatic rings. The number of ether oxygens (including phenoxy) is 1. The van der Waals surface area contributed by atoms with Crippen molar-refractivity contribution in [1.82, 2.24) is 5.32 Å². The zero-order chi connectivity index (χ0) is 18.2. The minimum Gasteiger partial charge on any atom is -0.487 e. The van der Waals surface area contributed by atoms with E-state index in [4.69, 9.17) is 10.5 Å². The number of rotatable bonds is 3. The average molecular weight is 346 g/mol. The van der Waals surface area contributed by atoms with Gasteiger partial charge in [0, 0.05) is 23.7 Å². The number of fused-ring (bicyclic) bond motifs is 1. The van der Waals surface area contributed by atoms with Gasteiger partial charge in [-0.15, -0.1) is 0 Å². The Kier molecular flexibility index (Phi) is 4.37. The third kappa shape index (κ3) is 3.90. The summed E-state index contributed by atoms with van der Waals surface area (Å²) in [5.74, 6) is -1.07. The Morgan fingerprint density at radius 1 is 1.28 bits per heavy atom. The molecular weight excluding hydrogens is 326 g/mol. The van der Waals surface area contributed by atoms with E-state index >= 15 is 0 Å². The number of benzene rings is 2. The van der Waals surface area contributed by atoms with Gasteiger partial charge in [-0.2, -0.15) is 0 Å². The summed E-state index contributed by atoms with van der Waals surface area (Å²) in [6.45, 7) is 3.87. The predicted molar refractivity (Wildman–Crippen MR) is 91.1 cm³/mol. The first-order valence-electron chi connectivity index (χ1n) is 8.05. The number of nitrogens with two attached hydrogens (primary N) is 1. The zero-order valence-electron chi connectivity index (χ0n) is 14.1. The van der Waals surface area contributed by atoms with Crippen LogP contribution in [0.4, 0.5) is 14.5 Å². The van der Waals surface area contributed by atoms with Crippen molar-refractivity contribution in [3.8, 4) is 5.75 Å². The molecule has 3 N–H and O–H groups in total. The number of nitrogens with one attached hydrogen (secondary N) is 1. The first-order chi connectivity index (χ1) is 11.7. The van der Waals surface area contributed by atoms with Crippen molar-refractivity contribution in [3.63, 3.8) is 0 Å². The summed E-state index contributed by atoms with van der Waals surface area (Å²) in [5, 5.41) is 2.91. The highest BCUT2D eigenvalue weighted by molar-refractivity contribution is 5.79. The Hall–Kier alpha value is -2.63. The lowest BCUT2D eigenvalue weighted by Crippen LogP contribution is -2.41. The lowest BCUT2D eigenvalue weighted by molar-refractivity contribution is -0.121. The van der Waals surface area contributed by atoms with Gasteiger partial charge >= 0.3 is 0 Å². The molecule has 0 saturated carbocycles. The number of hydrogen-bond acceptors (Lipinski definition) is 3. The van der Waals surface area contributed by atoms with Crippen molar-refractivity contribution in [2.75, 3.05) is 5.73 Å². The second kappa shape index (κ2) is 6.35. The van der Waals surface area contributed by atoms with Gasteiger partial charge in [0.05, 0.1) is 12.5 Å². The van der Waals surface area contributed by atoms with Crippen molar-refractivity contribution in [1.29, 1.82) is 0 Å². The molecule has 1 atom stereocenters. The predicted octanol–water partition coefficient (Wildman–Crippen LogP) is 3.51. The molecule has 0 bridgehead atoms. The average Bonchev–Trinajstić information content (AvgIpc) is 2.50. The van der Waals surface area contributed by atoms with Crippen LogP contribution in [-0.4, -0.2) is 11.5 Å². The summed E-state index contributed by atoms with van der Waals surface area (Å²) in [5.41, 5.74) is 6.91. The van der Waals surface area contributed by atoms with E-state index in [-0.39, 0.29) is 23.9 Å². The molecule has 4 nitrogen and oxygen atoms in total. The Morgan fingerprint density at radius 3 is 2.76 bits per heavy atom. The van der Waals surface area contributed by atoms with Crippen LogP contribution >= 0.6 is 0 Å². The molecule has 2 aromatic rings. The SMILES string of the molecule is CC1(C)CC(NC(=O)Cc2ccc(F)cc2F)c2cc(N)ccc2O1. The van der Waals surface area contributed by atoms with Gasteiger partial charge in [0.25, 0.3) is 0 Å². The van der Waals surface area contributed by atoms with Gasteiger partial charge in [-0.3, -0.25) is 4.79 Å². The molecule has 6 heteroatoms. The number of carbonyl (C=O) groups is 1. The topological polar surface area (TPSA) is 64.4 Å². The molecule has 1 heterocycles. The third-order valence-electron chi connectivity index (χ3n) is 4.19. The van der Waals surface area contributed by atoms with E-state index in [9.17, 15) is 13.6 Å². The van der Waals surface area contributed by atoms with Gasteiger partial charge in [0.15, 0.2) is 0 Å². The summed E-state index contributed by atoms with van der Waals surface area (Å²) in [6, 6.07) is 8.20. The maximum Gasteiger partial charge on any atom is 0.225 e. The molecule has 2 aromatic carbocycles. The minimum absolute atomic E-state index is 0.151. The fourth-order valence-corrected chi connectivity index (χ4v) is 3.09. The highest BCUT2D eigenvalue weighted by Gasteiger charge is 2.34. The highest BCUT2D eigenvalue weighted by atomic mass is 19.1. The van der Waals surface area contributed by atoms with Crippen molar-refractivity contribution < 1.29 is 18.3 Å². The summed E-state index contributed by atoms with van der Waals surface area (Å²) < 4.78 is 32.7. The number of anilines is 1. The van der Waals surface area contributed by atoms with E-state index in [0.717, 1.165) is 17.7 Å². The zero-order valence-corrected chi connectivity index (χ0v) is 14.1. The molecule has 0 fully saturated rings. The Balaban J connectivity index is 1.80. The van der Waals surface area contributed by atoms with E-state index < -0.39 is 17.2 Å². The van der Waals surface area contributed by atoms with Gasteiger partial charge in [-0.25, -0.2) is 8.78 Å². The van der Waals surface area contributed by atoms with E-state index in [2.05, 4.69) is 5.32 Å². The second-order valence-corrected chi connectivity index (χ2v) is 6.90. The molecule has 0 spiro atoms. The highest BCUT2D eigenvalue weighted by Crippen LogP contribution is 2.40. The molecule has 132 valence electrons. The molecule has 0 radical (unpaired) electrons. The second-order valence-electron chi connectivity index (χ2n) is 6.90. The summed E-state index contributed by atoms with van der Waals surface area (Å²) in [7, 11) is 0. The van der Waals surface area contributed by atoms with Gasteiger partial charge in [-0.05, 0) is 43.7 Å². The molecule has 3 rings (SSSR count). The molecule has 0 aromatic heterocycles. The summed E-state index contributed by atoms with van der Waals surface area (Å²) >= 11 is 0. The maximum absolute atomic E-state index is 13.7. The van der Waals surface area contributed by atoms with Gasteiger partial charge in [-0.1, -0.05) is 6.07 Å². The van der Waals surface area contributed by atoms with Crippen molar-refractivity contribution in [2.45, 2.75) is 38.3 Å². The Morgan fingerprint density at radius 2 is 2.04 bits per heavy atom. The maximum atomic E-state index is 13.7. The summed E-state index contributed by atoms with van der Waals surface area (Å²) in [4.78, 5) is 12.4. The van der Waals surface area contributed by atoms with E-state index in [1.54, 1.807) is 18.2 Å². The van der Waals surface area contributed by atoms with Crippen LogP contribution in [0.2, 0.25) is 0 Å². The van der Waals surface area contributed by atoms with Crippen molar-refractivity contribution in [3.05, 3.63) is 59.2 Å². The van der Waals surface area contributed by atoms with Crippen LogP contribution in [0.25, 0.3) is 0 Å². The largest absolute Gasteiger partial charge is 0.487 e. The fourth-order valence-electron chi connectivity index (χ4n) is 3.09. The van der Waals surface area contributed by atoms with Crippen LogP contribution in [0.5, 0.6) is 5.75 Å². The van der Waals surface area contributed by atoms with Crippen LogP contribution in [-0.2, 0) is 11.2 Å². The number of amides is 1. The van der Waals surface area contributed by atoms with Crippen LogP contribution in [0.15, 0.2) is 36.4 Å². The Bertz CT molecular complexity index is 821. The van der Waals surface area contributed by atoms with Crippen molar-refractivity contribution >= 4 is 11.6 Å². The molecule has 1 amide bonds. The first-order valence-corrected chi connectivity index (χ1v) is 8.05. The summed E-state index contributed by atoms with van der Waals surface area (Å²) in [6.07, 6.45) is 0.392. The van der Waals surface area contributed by atoms with E-state index in [1.165, 1.54) is 6.07 Å². The normalized spacial score (nSPS) is 18.2. The lowest BCUT2D eigenvalue weighted by atomic mass is 9.89. The monoisotopic (exact) mass is 346 g/mol. The van der Waals surface area contributed by atoms with Crippen LogP contribution in [0, 0.1) is 11.6 Å². The first kappa shape index (κ1) is 17.2. The van der Waals surface area contributed by atoms with Gasteiger partial charge in [0.1, 0.15) is 23.0 Å². The number of nitrogen functional groups attached to an aromatic ring is 1. The molecular formula is C19H20F2N2O2. The molecule has 1 unspecified atom stereocenters. The van der Waals surface area contributed by atoms with Gasteiger partial charge < -0.3 is 15.8 Å². The molecule has 0 aliphatic carbocycles. The third-order valence-corrected chi connectivity index (χ3v) is 4.19. The smallest absolute Gasteiger partial charge is 0.225 e. The Labute approximate surface area is 145 Å². The lowest BCUT2D eigenvalue weighted by Gasteiger charge is -2.38. The molecule has 0 saturated heterocycles. The van der Waals surface area contributed by atoms with E-state index in [1.807, 2.05) is 13.8 Å². The molecule has 25 heavy (non-hydrogen) atoms. The van der Waals surface area contributed by atoms with Crippen LogP contribution < -0.4 is 15.8 Å². The number of hydrogen-bond donors (Lipinski definition) is 2. The fraction of sp³-hybridized carbons (Fsp3) is 0.316. The number of halogens is 2. The minimum atomic E-state index is -0.730. The van der Waals surface area contributed by atoms with Crippen LogP contribution in [0.3, 0.4) is 0 Å². The molecule has 1 aliphatic heterocycles. The van der Waals surface area contributed by atoms with Gasteiger partial charge in [0.2, 0.25) is 5.91 Å². The van der Waals surface area contributed by atoms with Crippen LogP contribution in [0.1, 0.15) is 37.4 Å². The van der Waals surface area contributed by atoms with E-state index in [0.29, 0.717) is 17.9 Å². The van der Waals surface area contributed by atoms with Crippen molar-refractivity contribution in [2.24, 2.45) is 0 Å². The quantitative estimate of drug-likeness (QED) is 0.836.